The molecular weight excluding hydrogens is 496 g/mol. The first kappa shape index (κ1) is 23.8. The molecule has 3 aromatic heterocycles. The van der Waals surface area contributed by atoms with Gasteiger partial charge in [-0.05, 0) is 60.7 Å². The largest absolute Gasteiger partial charge is 0.494 e. The van der Waals surface area contributed by atoms with E-state index in [0.717, 1.165) is 29.0 Å². The van der Waals surface area contributed by atoms with E-state index in [1.54, 1.807) is 30.7 Å². The molecule has 4 heterocycles. The van der Waals surface area contributed by atoms with Crippen molar-refractivity contribution in [2.75, 3.05) is 23.0 Å². The SMILES string of the molecule is COc1cc(N2C(=S)N[C@@H](c3ccccn3)[C@@H]2c2cccn2-c2ccncc2)ccc1NS(C)(=O)=O. The molecule has 0 aliphatic carbocycles. The maximum atomic E-state index is 11.8. The summed E-state index contributed by atoms with van der Waals surface area (Å²) in [4.78, 5) is 10.8. The van der Waals surface area contributed by atoms with Crippen LogP contribution in [0.2, 0.25) is 0 Å². The highest BCUT2D eigenvalue weighted by Crippen LogP contribution is 2.43. The standard InChI is InChI=1S/C25H24N6O3S2/c1-34-22-16-18(8-9-19(22)29-36(2,32)33)31-24(23(28-25(31)35)20-6-3-4-12-27-20)21-7-5-15-30(21)17-10-13-26-14-11-17/h3-16,23-24,29H,1-2H3,(H,28,35)/t23-,24-/m0/s1. The Balaban J connectivity index is 1.64. The lowest BCUT2D eigenvalue weighted by Crippen LogP contribution is -2.30. The monoisotopic (exact) mass is 520 g/mol. The molecule has 5 rings (SSSR count). The number of nitrogens with zero attached hydrogens (tertiary/aromatic N) is 4. The lowest BCUT2D eigenvalue weighted by atomic mass is 10.0. The highest BCUT2D eigenvalue weighted by atomic mass is 32.2. The summed E-state index contributed by atoms with van der Waals surface area (Å²) < 4.78 is 33.7. The van der Waals surface area contributed by atoms with Crippen molar-refractivity contribution < 1.29 is 13.2 Å². The molecule has 1 fully saturated rings. The van der Waals surface area contributed by atoms with Gasteiger partial charge in [0.15, 0.2) is 5.11 Å². The Bertz CT molecular complexity index is 1490. The molecule has 2 atom stereocenters. The minimum atomic E-state index is -3.48. The van der Waals surface area contributed by atoms with Gasteiger partial charge < -0.3 is 19.5 Å². The number of sulfonamides is 1. The fraction of sp³-hybridized carbons (Fsp3) is 0.160. The van der Waals surface area contributed by atoms with E-state index in [4.69, 9.17) is 17.0 Å². The predicted octanol–water partition coefficient (Wildman–Crippen LogP) is 3.82. The summed E-state index contributed by atoms with van der Waals surface area (Å²) in [6, 6.07) is 18.5. The summed E-state index contributed by atoms with van der Waals surface area (Å²) in [7, 11) is -1.98. The van der Waals surface area contributed by atoms with Gasteiger partial charge in [-0.15, -0.1) is 0 Å². The molecule has 0 spiro atoms. The van der Waals surface area contributed by atoms with Gasteiger partial charge in [-0.2, -0.15) is 0 Å². The van der Waals surface area contributed by atoms with Crippen LogP contribution in [-0.2, 0) is 10.0 Å². The minimum Gasteiger partial charge on any atom is -0.494 e. The van der Waals surface area contributed by atoms with Gasteiger partial charge in [-0.1, -0.05) is 6.07 Å². The van der Waals surface area contributed by atoms with Crippen LogP contribution in [0.15, 0.2) is 85.5 Å². The Morgan fingerprint density at radius 2 is 1.83 bits per heavy atom. The van der Waals surface area contributed by atoms with Gasteiger partial charge in [0.25, 0.3) is 0 Å². The molecule has 0 unspecified atom stereocenters. The summed E-state index contributed by atoms with van der Waals surface area (Å²) in [5.74, 6) is 0.380. The zero-order valence-electron chi connectivity index (χ0n) is 19.6. The quantitative estimate of drug-likeness (QED) is 0.355. The minimum absolute atomic E-state index is 0.242. The number of hydrogen-bond donors (Lipinski definition) is 2. The van der Waals surface area contributed by atoms with Crippen LogP contribution in [0.4, 0.5) is 11.4 Å². The average molecular weight is 521 g/mol. The number of nitrogens with one attached hydrogen (secondary N) is 2. The number of benzene rings is 1. The van der Waals surface area contributed by atoms with E-state index in [0.29, 0.717) is 16.5 Å². The van der Waals surface area contributed by atoms with Crippen molar-refractivity contribution in [3.63, 3.8) is 0 Å². The fourth-order valence-electron chi connectivity index (χ4n) is 4.42. The van der Waals surface area contributed by atoms with Gasteiger partial charge in [-0.25, -0.2) is 8.42 Å². The van der Waals surface area contributed by atoms with Crippen molar-refractivity contribution in [2.24, 2.45) is 0 Å². The number of pyridine rings is 2. The molecule has 2 N–H and O–H groups in total. The van der Waals surface area contributed by atoms with Crippen LogP contribution in [0.1, 0.15) is 23.5 Å². The second-order valence-corrected chi connectivity index (χ2v) is 10.4. The molecule has 9 nitrogen and oxygen atoms in total. The van der Waals surface area contributed by atoms with E-state index < -0.39 is 10.0 Å². The molecule has 4 aromatic rings. The second kappa shape index (κ2) is 9.59. The normalized spacial score (nSPS) is 17.6. The maximum absolute atomic E-state index is 11.8. The van der Waals surface area contributed by atoms with Crippen molar-refractivity contribution in [1.82, 2.24) is 19.9 Å². The fourth-order valence-corrected chi connectivity index (χ4v) is 5.34. The summed E-state index contributed by atoms with van der Waals surface area (Å²) in [6.07, 6.45) is 8.36. The molecule has 1 saturated heterocycles. The summed E-state index contributed by atoms with van der Waals surface area (Å²) in [5.41, 5.74) is 3.89. The van der Waals surface area contributed by atoms with Gasteiger partial charge >= 0.3 is 0 Å². The van der Waals surface area contributed by atoms with Crippen molar-refractivity contribution >= 4 is 38.7 Å². The number of rotatable bonds is 7. The predicted molar refractivity (Wildman–Crippen MR) is 143 cm³/mol. The third-order valence-electron chi connectivity index (χ3n) is 5.88. The van der Waals surface area contributed by atoms with Crippen LogP contribution in [0.3, 0.4) is 0 Å². The first-order chi connectivity index (χ1) is 17.4. The second-order valence-electron chi connectivity index (χ2n) is 8.26. The van der Waals surface area contributed by atoms with Crippen LogP contribution < -0.4 is 19.7 Å². The van der Waals surface area contributed by atoms with E-state index >= 15 is 0 Å². The molecule has 184 valence electrons. The number of anilines is 2. The molecule has 36 heavy (non-hydrogen) atoms. The van der Waals surface area contributed by atoms with Crippen molar-refractivity contribution in [1.29, 1.82) is 0 Å². The number of aromatic nitrogens is 3. The van der Waals surface area contributed by atoms with Crippen LogP contribution in [0.5, 0.6) is 5.75 Å². The number of ether oxygens (including phenoxy) is 1. The lowest BCUT2D eigenvalue weighted by molar-refractivity contribution is 0.417. The lowest BCUT2D eigenvalue weighted by Gasteiger charge is -2.29. The molecule has 1 aliphatic rings. The van der Waals surface area contributed by atoms with Crippen LogP contribution in [0.25, 0.3) is 5.69 Å². The number of thiocarbonyl (C=S) groups is 1. The molecule has 0 saturated carbocycles. The molecular formula is C25H24N6O3S2. The van der Waals surface area contributed by atoms with Gasteiger partial charge in [0.1, 0.15) is 11.8 Å². The van der Waals surface area contributed by atoms with Gasteiger partial charge in [0.05, 0.1) is 30.8 Å². The van der Waals surface area contributed by atoms with Crippen molar-refractivity contribution in [3.05, 3.63) is 96.8 Å². The number of hydrogen-bond acceptors (Lipinski definition) is 6. The highest BCUT2D eigenvalue weighted by Gasteiger charge is 2.42. The first-order valence-corrected chi connectivity index (χ1v) is 13.4. The zero-order valence-corrected chi connectivity index (χ0v) is 21.2. The van der Waals surface area contributed by atoms with Crippen LogP contribution >= 0.6 is 12.2 Å². The van der Waals surface area contributed by atoms with Gasteiger partial charge in [0.2, 0.25) is 10.0 Å². The smallest absolute Gasteiger partial charge is 0.229 e. The van der Waals surface area contributed by atoms with E-state index in [-0.39, 0.29) is 12.1 Å². The topological polar surface area (TPSA) is 101 Å². The Morgan fingerprint density at radius 3 is 2.53 bits per heavy atom. The van der Waals surface area contributed by atoms with Gasteiger partial charge in [-0.3, -0.25) is 14.7 Å². The zero-order chi connectivity index (χ0) is 25.3. The maximum Gasteiger partial charge on any atom is 0.229 e. The summed E-state index contributed by atoms with van der Waals surface area (Å²) in [6.45, 7) is 0. The molecule has 1 aliphatic heterocycles. The molecule has 1 aromatic carbocycles. The van der Waals surface area contributed by atoms with E-state index in [1.165, 1.54) is 7.11 Å². The highest BCUT2D eigenvalue weighted by molar-refractivity contribution is 7.92. The Morgan fingerprint density at radius 1 is 1.03 bits per heavy atom. The Kier molecular flexibility index (Phi) is 6.33. The molecule has 0 bridgehead atoms. The number of methoxy groups -OCH3 is 1. The Labute approximate surface area is 214 Å². The van der Waals surface area contributed by atoms with Crippen LogP contribution in [0, 0.1) is 0 Å². The van der Waals surface area contributed by atoms with E-state index in [2.05, 4.69) is 30.6 Å². The van der Waals surface area contributed by atoms with E-state index in [1.807, 2.05) is 53.6 Å². The van der Waals surface area contributed by atoms with Crippen molar-refractivity contribution in [3.8, 4) is 11.4 Å². The third kappa shape index (κ3) is 4.62. The Hall–Kier alpha value is -3.96. The molecule has 0 amide bonds. The average Bonchev–Trinajstić information content (AvgIpc) is 3.49. The van der Waals surface area contributed by atoms with Crippen molar-refractivity contribution in [2.45, 2.75) is 12.1 Å². The third-order valence-corrected chi connectivity index (χ3v) is 6.79. The molecule has 11 heteroatoms. The summed E-state index contributed by atoms with van der Waals surface area (Å²) in [5, 5.41) is 3.96. The van der Waals surface area contributed by atoms with E-state index in [9.17, 15) is 8.42 Å². The van der Waals surface area contributed by atoms with Crippen LogP contribution in [-0.4, -0.2) is 41.4 Å². The van der Waals surface area contributed by atoms with Gasteiger partial charge in [0, 0.05) is 47.9 Å². The first-order valence-electron chi connectivity index (χ1n) is 11.1. The summed E-state index contributed by atoms with van der Waals surface area (Å²) >= 11 is 5.83. The molecule has 0 radical (unpaired) electrons.